The maximum Gasteiger partial charge on any atom is 0.243 e. The van der Waals surface area contributed by atoms with Gasteiger partial charge in [0.25, 0.3) is 0 Å². The molecule has 2 rings (SSSR count). The zero-order valence-electron chi connectivity index (χ0n) is 7.77. The van der Waals surface area contributed by atoms with Gasteiger partial charge in [0, 0.05) is 0 Å². The first-order valence-corrected chi connectivity index (χ1v) is 5.91. The molecule has 5 heteroatoms. The molecule has 1 heterocycles. The summed E-state index contributed by atoms with van der Waals surface area (Å²) in [5, 5.41) is 0.422. The van der Waals surface area contributed by atoms with Crippen LogP contribution in [0.4, 0.5) is 5.69 Å². The second-order valence-corrected chi connectivity index (χ2v) is 4.46. The van der Waals surface area contributed by atoms with Crippen LogP contribution in [0.1, 0.15) is 0 Å². The third kappa shape index (κ3) is 2.01. The molecule has 1 aromatic rings. The second kappa shape index (κ2) is 4.24. The maximum atomic E-state index is 11.6. The van der Waals surface area contributed by atoms with Crippen molar-refractivity contribution in [2.24, 2.45) is 0 Å². The Morgan fingerprint density at radius 2 is 1.73 bits per heavy atom. The van der Waals surface area contributed by atoms with Crippen LogP contribution < -0.4 is 4.90 Å². The molecule has 78 valence electrons. The Bertz CT molecular complexity index is 406. The number of carbonyl (C=O) groups excluding carboxylic acids is 2. The Balaban J connectivity index is 2.40. The van der Waals surface area contributed by atoms with Crippen molar-refractivity contribution in [2.75, 3.05) is 16.4 Å². The van der Waals surface area contributed by atoms with Gasteiger partial charge in [0.15, 0.2) is 0 Å². The standard InChI is InChI=1S/C10H8ClNO2S/c11-7-3-1-2-4-8(7)12-9(13)5-15-6-10(12)14/h1-4H,5-6H2. The van der Waals surface area contributed by atoms with Crippen molar-refractivity contribution in [2.45, 2.75) is 0 Å². The fraction of sp³-hybridized carbons (Fsp3) is 0.200. The highest BCUT2D eigenvalue weighted by Gasteiger charge is 2.28. The monoisotopic (exact) mass is 241 g/mol. The SMILES string of the molecule is O=C1CSCC(=O)N1c1ccccc1Cl. The maximum absolute atomic E-state index is 11.6. The molecule has 0 unspecified atom stereocenters. The molecule has 1 aliphatic rings. The van der Waals surface area contributed by atoms with Gasteiger partial charge in [-0.2, -0.15) is 0 Å². The molecule has 0 aliphatic carbocycles. The van der Waals surface area contributed by atoms with Crippen LogP contribution in [0.3, 0.4) is 0 Å². The predicted octanol–water partition coefficient (Wildman–Crippen LogP) is 1.95. The average molecular weight is 242 g/mol. The highest BCUT2D eigenvalue weighted by Crippen LogP contribution is 2.28. The number of nitrogens with zero attached hydrogens (tertiary/aromatic N) is 1. The van der Waals surface area contributed by atoms with Crippen LogP contribution in [-0.2, 0) is 9.59 Å². The molecule has 0 radical (unpaired) electrons. The van der Waals surface area contributed by atoms with Crippen molar-refractivity contribution in [1.29, 1.82) is 0 Å². The normalized spacial score (nSPS) is 17.0. The minimum absolute atomic E-state index is 0.204. The molecule has 0 atom stereocenters. The number of imide groups is 1. The van der Waals surface area contributed by atoms with Gasteiger partial charge in [-0.05, 0) is 12.1 Å². The van der Waals surface area contributed by atoms with E-state index in [0.717, 1.165) is 0 Å². The van der Waals surface area contributed by atoms with Crippen molar-refractivity contribution >= 4 is 40.9 Å². The van der Waals surface area contributed by atoms with Crippen LogP contribution in [0.5, 0.6) is 0 Å². The van der Waals surface area contributed by atoms with Crippen molar-refractivity contribution in [1.82, 2.24) is 0 Å². The highest BCUT2D eigenvalue weighted by molar-refractivity contribution is 8.00. The number of rotatable bonds is 1. The lowest BCUT2D eigenvalue weighted by atomic mass is 10.3. The van der Waals surface area contributed by atoms with E-state index in [1.54, 1.807) is 24.3 Å². The average Bonchev–Trinajstić information content (AvgIpc) is 2.20. The molecule has 0 spiro atoms. The lowest BCUT2D eigenvalue weighted by Crippen LogP contribution is -2.43. The number of para-hydroxylation sites is 1. The summed E-state index contributed by atoms with van der Waals surface area (Å²) in [5.74, 6) is 0.252. The first-order chi connectivity index (χ1) is 7.20. The van der Waals surface area contributed by atoms with E-state index >= 15 is 0 Å². The number of carbonyl (C=O) groups is 2. The number of thioether (sulfide) groups is 1. The van der Waals surface area contributed by atoms with Gasteiger partial charge in [-0.25, -0.2) is 4.90 Å². The van der Waals surface area contributed by atoms with E-state index in [2.05, 4.69) is 0 Å². The fourth-order valence-corrected chi connectivity index (χ4v) is 2.33. The van der Waals surface area contributed by atoms with Gasteiger partial charge in [-0.1, -0.05) is 23.7 Å². The Morgan fingerprint density at radius 1 is 1.13 bits per heavy atom. The Morgan fingerprint density at radius 3 is 2.33 bits per heavy atom. The first kappa shape index (κ1) is 10.5. The third-order valence-corrected chi connectivity index (χ3v) is 3.26. The van der Waals surface area contributed by atoms with Crippen LogP contribution in [0, 0.1) is 0 Å². The number of anilines is 1. The lowest BCUT2D eigenvalue weighted by molar-refractivity contribution is -0.124. The number of amides is 2. The van der Waals surface area contributed by atoms with Crippen LogP contribution >= 0.6 is 23.4 Å². The summed E-state index contributed by atoms with van der Waals surface area (Å²) >= 11 is 7.27. The molecule has 15 heavy (non-hydrogen) atoms. The van der Waals surface area contributed by atoms with Crippen LogP contribution in [-0.4, -0.2) is 23.3 Å². The number of benzene rings is 1. The third-order valence-electron chi connectivity index (χ3n) is 2.04. The minimum Gasteiger partial charge on any atom is -0.273 e. The summed E-state index contributed by atoms with van der Waals surface area (Å²) < 4.78 is 0. The van der Waals surface area contributed by atoms with Gasteiger partial charge in [0.2, 0.25) is 11.8 Å². The smallest absolute Gasteiger partial charge is 0.243 e. The van der Waals surface area contributed by atoms with Gasteiger partial charge in [-0.3, -0.25) is 9.59 Å². The summed E-state index contributed by atoms with van der Waals surface area (Å²) in [6.07, 6.45) is 0. The number of hydrogen-bond donors (Lipinski definition) is 0. The number of halogens is 1. The fourth-order valence-electron chi connectivity index (χ4n) is 1.40. The summed E-state index contributed by atoms with van der Waals surface area (Å²) in [6.45, 7) is 0. The van der Waals surface area contributed by atoms with E-state index in [0.29, 0.717) is 22.2 Å². The van der Waals surface area contributed by atoms with Crippen molar-refractivity contribution in [3.63, 3.8) is 0 Å². The highest BCUT2D eigenvalue weighted by atomic mass is 35.5. The summed E-state index contributed by atoms with van der Waals surface area (Å²) in [7, 11) is 0. The molecule has 1 saturated heterocycles. The Labute approximate surface area is 96.4 Å². The first-order valence-electron chi connectivity index (χ1n) is 4.38. The van der Waals surface area contributed by atoms with Gasteiger partial charge >= 0.3 is 0 Å². The molecule has 0 aromatic heterocycles. The Kier molecular flexibility index (Phi) is 2.98. The van der Waals surface area contributed by atoms with Crippen LogP contribution in [0.25, 0.3) is 0 Å². The predicted molar refractivity (Wildman–Crippen MR) is 61.3 cm³/mol. The minimum atomic E-state index is -0.204. The molecule has 0 saturated carbocycles. The zero-order chi connectivity index (χ0) is 10.8. The summed E-state index contributed by atoms with van der Waals surface area (Å²) in [4.78, 5) is 24.3. The van der Waals surface area contributed by atoms with Crippen molar-refractivity contribution < 1.29 is 9.59 Å². The van der Waals surface area contributed by atoms with Gasteiger partial charge in [0.1, 0.15) is 0 Å². The largest absolute Gasteiger partial charge is 0.273 e. The summed E-state index contributed by atoms with van der Waals surface area (Å²) in [6, 6.07) is 6.86. The van der Waals surface area contributed by atoms with E-state index < -0.39 is 0 Å². The lowest BCUT2D eigenvalue weighted by Gasteiger charge is -2.25. The zero-order valence-corrected chi connectivity index (χ0v) is 9.35. The molecule has 1 aromatic carbocycles. The van der Waals surface area contributed by atoms with Gasteiger partial charge in [0.05, 0.1) is 22.2 Å². The van der Waals surface area contributed by atoms with Crippen molar-refractivity contribution in [3.05, 3.63) is 29.3 Å². The van der Waals surface area contributed by atoms with Crippen molar-refractivity contribution in [3.8, 4) is 0 Å². The molecule has 0 bridgehead atoms. The molecular formula is C10H8ClNO2S. The topological polar surface area (TPSA) is 37.4 Å². The van der Waals surface area contributed by atoms with E-state index in [-0.39, 0.29) is 11.8 Å². The summed E-state index contributed by atoms with van der Waals surface area (Å²) in [5.41, 5.74) is 0.481. The van der Waals surface area contributed by atoms with Crippen LogP contribution in [0.15, 0.2) is 24.3 Å². The molecule has 1 aliphatic heterocycles. The molecule has 0 N–H and O–H groups in total. The molecular weight excluding hydrogens is 234 g/mol. The second-order valence-electron chi connectivity index (χ2n) is 3.07. The Hall–Kier alpha value is -1.00. The molecule has 3 nitrogen and oxygen atoms in total. The van der Waals surface area contributed by atoms with Gasteiger partial charge in [-0.15, -0.1) is 11.8 Å². The molecule has 2 amide bonds. The van der Waals surface area contributed by atoms with Crippen LogP contribution in [0.2, 0.25) is 5.02 Å². The molecule has 1 fully saturated rings. The van der Waals surface area contributed by atoms with E-state index in [1.165, 1.54) is 16.7 Å². The van der Waals surface area contributed by atoms with E-state index in [9.17, 15) is 9.59 Å². The van der Waals surface area contributed by atoms with E-state index in [1.807, 2.05) is 0 Å². The van der Waals surface area contributed by atoms with Gasteiger partial charge < -0.3 is 0 Å². The quantitative estimate of drug-likeness (QED) is 0.706. The van der Waals surface area contributed by atoms with E-state index in [4.69, 9.17) is 11.6 Å². The number of hydrogen-bond acceptors (Lipinski definition) is 3.